The van der Waals surface area contributed by atoms with Crippen molar-refractivity contribution in [2.24, 2.45) is 0 Å². The van der Waals surface area contributed by atoms with E-state index >= 15 is 0 Å². The lowest BCUT2D eigenvalue weighted by molar-refractivity contribution is -0.384. The molecule has 0 saturated carbocycles. The number of rotatable bonds is 4. The quantitative estimate of drug-likeness (QED) is 0.565. The number of fused-ring (bicyclic) bond motifs is 1. The van der Waals surface area contributed by atoms with Crippen LogP contribution in [0.4, 0.5) is 5.69 Å². The van der Waals surface area contributed by atoms with Gasteiger partial charge in [-0.3, -0.25) is 14.9 Å². The molecule has 0 aliphatic carbocycles. The molecular formula is C21H22N2O7S. The Morgan fingerprint density at radius 1 is 1.16 bits per heavy atom. The van der Waals surface area contributed by atoms with Gasteiger partial charge in [0.2, 0.25) is 15.7 Å². The number of sulfone groups is 1. The summed E-state index contributed by atoms with van der Waals surface area (Å²) in [4.78, 5) is 24.1. The summed E-state index contributed by atoms with van der Waals surface area (Å²) in [6, 6.07) is 8.23. The average molecular weight is 446 g/mol. The van der Waals surface area contributed by atoms with Crippen LogP contribution in [0, 0.1) is 10.1 Å². The largest absolute Gasteiger partial charge is 0.485 e. The number of hydrogen-bond donors (Lipinski definition) is 1. The van der Waals surface area contributed by atoms with E-state index in [9.17, 15) is 28.4 Å². The molecule has 1 fully saturated rings. The summed E-state index contributed by atoms with van der Waals surface area (Å²) in [6.45, 7) is 3.90. The van der Waals surface area contributed by atoms with Gasteiger partial charge in [0.1, 0.15) is 17.5 Å². The van der Waals surface area contributed by atoms with Crippen molar-refractivity contribution in [2.45, 2.75) is 54.2 Å². The van der Waals surface area contributed by atoms with Crippen LogP contribution in [0.1, 0.15) is 38.3 Å². The van der Waals surface area contributed by atoms with Crippen molar-refractivity contribution >= 4 is 21.4 Å². The van der Waals surface area contributed by atoms with Crippen LogP contribution in [0.3, 0.4) is 0 Å². The molecule has 2 atom stereocenters. The lowest BCUT2D eigenvalue weighted by atomic mass is 9.85. The topological polar surface area (TPSA) is 127 Å². The standard InChI is InChI=1S/C21H22N2O7S/c1-21(2)20(25)19(22-11-3-4-18(22)24)16-12-15(9-10-17(16)30-21)31(28,29)14-7-5-13(6-8-14)23(26)27/h5-10,12,19-20,25H,3-4,11H2,1-2H3. The SMILES string of the molecule is CC1(C)Oc2ccc(S(=O)(=O)c3ccc([N+](=O)[O-])cc3)cc2C(N2CCCC2=O)C1O. The van der Waals surface area contributed by atoms with Gasteiger partial charge in [-0.25, -0.2) is 8.42 Å². The van der Waals surface area contributed by atoms with Gasteiger partial charge in [0.15, 0.2) is 0 Å². The Morgan fingerprint density at radius 2 is 1.81 bits per heavy atom. The van der Waals surface area contributed by atoms with Crippen LogP contribution < -0.4 is 4.74 Å². The van der Waals surface area contributed by atoms with E-state index in [4.69, 9.17) is 4.74 Å². The Morgan fingerprint density at radius 3 is 2.39 bits per heavy atom. The summed E-state index contributed by atoms with van der Waals surface area (Å²) in [5.74, 6) is 0.305. The van der Waals surface area contributed by atoms with Crippen LogP contribution in [0.2, 0.25) is 0 Å². The molecule has 0 radical (unpaired) electrons. The van der Waals surface area contributed by atoms with Crippen LogP contribution in [-0.4, -0.2) is 47.5 Å². The van der Waals surface area contributed by atoms with E-state index < -0.39 is 32.5 Å². The van der Waals surface area contributed by atoms with E-state index in [2.05, 4.69) is 0 Å². The van der Waals surface area contributed by atoms with Crippen LogP contribution >= 0.6 is 0 Å². The highest BCUT2D eigenvalue weighted by atomic mass is 32.2. The van der Waals surface area contributed by atoms with Gasteiger partial charge in [-0.1, -0.05) is 0 Å². The Labute approximate surface area is 179 Å². The van der Waals surface area contributed by atoms with Gasteiger partial charge in [-0.05, 0) is 50.6 Å². The minimum absolute atomic E-state index is 0.0488. The summed E-state index contributed by atoms with van der Waals surface area (Å²) in [5, 5.41) is 21.8. The summed E-state index contributed by atoms with van der Waals surface area (Å²) < 4.78 is 32.2. The number of non-ortho nitro benzene ring substituents is 1. The summed E-state index contributed by atoms with van der Waals surface area (Å²) in [5.41, 5.74) is -0.764. The van der Waals surface area contributed by atoms with Crippen molar-refractivity contribution in [1.82, 2.24) is 4.90 Å². The number of ether oxygens (including phenoxy) is 1. The zero-order valence-corrected chi connectivity index (χ0v) is 17.8. The Kier molecular flexibility index (Phi) is 5.01. The molecule has 1 amide bonds. The zero-order valence-electron chi connectivity index (χ0n) is 17.0. The molecule has 31 heavy (non-hydrogen) atoms. The second-order valence-corrected chi connectivity index (χ2v) is 10.2. The van der Waals surface area contributed by atoms with E-state index in [1.807, 2.05) is 0 Å². The molecule has 2 aliphatic heterocycles. The minimum Gasteiger partial charge on any atom is -0.485 e. The molecule has 0 bridgehead atoms. The van der Waals surface area contributed by atoms with Gasteiger partial charge in [-0.15, -0.1) is 0 Å². The molecule has 1 saturated heterocycles. The Balaban J connectivity index is 1.80. The number of hydrogen-bond acceptors (Lipinski definition) is 7. The first-order valence-electron chi connectivity index (χ1n) is 9.82. The van der Waals surface area contributed by atoms with Gasteiger partial charge in [0.05, 0.1) is 20.8 Å². The molecule has 1 N–H and O–H groups in total. The first kappa shape index (κ1) is 21.3. The fourth-order valence-electron chi connectivity index (χ4n) is 4.10. The van der Waals surface area contributed by atoms with Crippen LogP contribution in [0.15, 0.2) is 52.3 Å². The third kappa shape index (κ3) is 3.55. The maximum absolute atomic E-state index is 13.1. The van der Waals surface area contributed by atoms with Crippen LogP contribution in [0.5, 0.6) is 5.75 Å². The van der Waals surface area contributed by atoms with E-state index in [1.54, 1.807) is 18.7 Å². The lowest BCUT2D eigenvalue weighted by Gasteiger charge is -2.45. The highest BCUT2D eigenvalue weighted by Gasteiger charge is 2.47. The monoisotopic (exact) mass is 446 g/mol. The van der Waals surface area contributed by atoms with E-state index in [1.165, 1.54) is 30.3 Å². The molecule has 164 valence electrons. The van der Waals surface area contributed by atoms with Gasteiger partial charge >= 0.3 is 0 Å². The smallest absolute Gasteiger partial charge is 0.269 e. The molecule has 4 rings (SSSR count). The maximum Gasteiger partial charge on any atom is 0.269 e. The molecule has 2 heterocycles. The van der Waals surface area contributed by atoms with Crippen LogP contribution in [-0.2, 0) is 14.6 Å². The van der Waals surface area contributed by atoms with Crippen molar-refractivity contribution in [1.29, 1.82) is 0 Å². The molecule has 2 aromatic rings. The van der Waals surface area contributed by atoms with Gasteiger partial charge in [0, 0.05) is 30.7 Å². The molecule has 2 aliphatic rings. The highest BCUT2D eigenvalue weighted by Crippen LogP contribution is 2.45. The first-order chi connectivity index (χ1) is 14.5. The molecule has 2 aromatic carbocycles. The summed E-state index contributed by atoms with van der Waals surface area (Å²) >= 11 is 0. The molecule has 0 aromatic heterocycles. The van der Waals surface area contributed by atoms with E-state index in [0.29, 0.717) is 30.7 Å². The third-order valence-corrected chi connectivity index (χ3v) is 7.57. The summed E-state index contributed by atoms with van der Waals surface area (Å²) in [7, 11) is -3.98. The molecule has 0 spiro atoms. The predicted molar refractivity (Wildman–Crippen MR) is 109 cm³/mol. The molecule has 2 unspecified atom stereocenters. The number of likely N-dealkylation sites (tertiary alicyclic amines) is 1. The number of aliphatic hydroxyl groups is 1. The number of nitro groups is 1. The van der Waals surface area contributed by atoms with Crippen molar-refractivity contribution < 1.29 is 28.0 Å². The zero-order chi connectivity index (χ0) is 22.6. The predicted octanol–water partition coefficient (Wildman–Crippen LogP) is 2.62. The number of carbonyl (C=O) groups excluding carboxylic acids is 1. The van der Waals surface area contributed by atoms with Crippen molar-refractivity contribution in [2.75, 3.05) is 6.54 Å². The number of benzene rings is 2. The average Bonchev–Trinajstić information content (AvgIpc) is 3.14. The fraction of sp³-hybridized carbons (Fsp3) is 0.381. The lowest BCUT2D eigenvalue weighted by Crippen LogP contribution is -2.53. The van der Waals surface area contributed by atoms with Gasteiger partial charge < -0.3 is 14.7 Å². The maximum atomic E-state index is 13.1. The van der Waals surface area contributed by atoms with Crippen molar-refractivity contribution in [3.05, 3.63) is 58.1 Å². The minimum atomic E-state index is -3.98. The van der Waals surface area contributed by atoms with Gasteiger partial charge in [-0.2, -0.15) is 0 Å². The van der Waals surface area contributed by atoms with E-state index in [0.717, 1.165) is 12.1 Å². The summed E-state index contributed by atoms with van der Waals surface area (Å²) in [6.07, 6.45) is -0.0144. The molecule has 10 heteroatoms. The molecule has 9 nitrogen and oxygen atoms in total. The Bertz CT molecular complexity index is 1160. The molecular weight excluding hydrogens is 424 g/mol. The highest BCUT2D eigenvalue weighted by molar-refractivity contribution is 7.91. The first-order valence-corrected chi connectivity index (χ1v) is 11.3. The number of carbonyl (C=O) groups is 1. The van der Waals surface area contributed by atoms with Gasteiger partial charge in [0.25, 0.3) is 5.69 Å². The normalized spacial score (nSPS) is 22.7. The second kappa shape index (κ2) is 7.31. The number of amides is 1. The number of nitrogens with zero attached hydrogens (tertiary/aromatic N) is 2. The van der Waals surface area contributed by atoms with Crippen molar-refractivity contribution in [3.8, 4) is 5.75 Å². The van der Waals surface area contributed by atoms with E-state index in [-0.39, 0.29) is 21.4 Å². The third-order valence-electron chi connectivity index (χ3n) is 5.80. The number of nitro benzene ring substituents is 1. The number of aliphatic hydroxyl groups excluding tert-OH is 1. The Hall–Kier alpha value is -2.98. The fourth-order valence-corrected chi connectivity index (χ4v) is 5.39. The van der Waals surface area contributed by atoms with Crippen molar-refractivity contribution in [3.63, 3.8) is 0 Å². The van der Waals surface area contributed by atoms with Crippen LogP contribution in [0.25, 0.3) is 0 Å². The second-order valence-electron chi connectivity index (χ2n) is 8.24.